The first-order chi connectivity index (χ1) is 14.8. The molecule has 1 saturated heterocycles. The Kier molecular flexibility index (Phi) is 6.11. The SMILES string of the molecule is CC(C)(C)OC(=O)N1CCC(OCc2cnc3sc(-c4ccccc4N)nc3c2)CC1. The smallest absolute Gasteiger partial charge is 0.410 e. The van der Waals surface area contributed by atoms with Crippen molar-refractivity contribution in [2.45, 2.75) is 51.9 Å². The van der Waals surface area contributed by atoms with Gasteiger partial charge in [-0.25, -0.2) is 14.8 Å². The van der Waals surface area contributed by atoms with E-state index < -0.39 is 5.60 Å². The maximum absolute atomic E-state index is 12.2. The summed E-state index contributed by atoms with van der Waals surface area (Å²) in [5, 5.41) is 0.869. The fourth-order valence-electron chi connectivity index (χ4n) is 3.50. The van der Waals surface area contributed by atoms with E-state index in [1.807, 2.05) is 57.3 Å². The third-order valence-corrected chi connectivity index (χ3v) is 6.09. The summed E-state index contributed by atoms with van der Waals surface area (Å²) in [6.45, 7) is 7.40. The first-order valence-electron chi connectivity index (χ1n) is 10.5. The Hall–Kier alpha value is -2.71. The number of fused-ring (bicyclic) bond motifs is 1. The van der Waals surface area contributed by atoms with Crippen molar-refractivity contribution < 1.29 is 14.3 Å². The third kappa shape index (κ3) is 5.32. The number of aromatic nitrogens is 2. The average Bonchev–Trinajstić information content (AvgIpc) is 3.15. The highest BCUT2D eigenvalue weighted by Crippen LogP contribution is 2.32. The fraction of sp³-hybridized carbons (Fsp3) is 0.435. The number of hydrogen-bond donors (Lipinski definition) is 1. The van der Waals surface area contributed by atoms with Gasteiger partial charge >= 0.3 is 6.09 Å². The van der Waals surface area contributed by atoms with Gasteiger partial charge in [-0.15, -0.1) is 0 Å². The van der Waals surface area contributed by atoms with Gasteiger partial charge in [-0.1, -0.05) is 23.5 Å². The summed E-state index contributed by atoms with van der Waals surface area (Å²) >= 11 is 1.53. The lowest BCUT2D eigenvalue weighted by Crippen LogP contribution is -2.43. The van der Waals surface area contributed by atoms with Gasteiger partial charge in [0.1, 0.15) is 21.0 Å². The van der Waals surface area contributed by atoms with Crippen LogP contribution < -0.4 is 5.73 Å². The highest BCUT2D eigenvalue weighted by Gasteiger charge is 2.27. The van der Waals surface area contributed by atoms with E-state index in [4.69, 9.17) is 20.2 Å². The van der Waals surface area contributed by atoms with Crippen molar-refractivity contribution in [3.05, 3.63) is 42.1 Å². The summed E-state index contributed by atoms with van der Waals surface area (Å²) in [6.07, 6.45) is 3.30. The average molecular weight is 441 g/mol. The number of carbonyl (C=O) groups is 1. The van der Waals surface area contributed by atoms with Crippen molar-refractivity contribution in [1.82, 2.24) is 14.9 Å². The minimum Gasteiger partial charge on any atom is -0.444 e. The summed E-state index contributed by atoms with van der Waals surface area (Å²) in [5.74, 6) is 0. The largest absolute Gasteiger partial charge is 0.444 e. The molecule has 3 heterocycles. The molecule has 1 aliphatic rings. The lowest BCUT2D eigenvalue weighted by Gasteiger charge is -2.33. The van der Waals surface area contributed by atoms with Crippen LogP contribution in [-0.4, -0.2) is 45.8 Å². The Morgan fingerprint density at radius 3 is 2.71 bits per heavy atom. The number of benzene rings is 1. The molecule has 1 fully saturated rings. The van der Waals surface area contributed by atoms with E-state index in [2.05, 4.69) is 4.98 Å². The van der Waals surface area contributed by atoms with Crippen molar-refractivity contribution in [3.8, 4) is 10.6 Å². The Morgan fingerprint density at radius 1 is 1.26 bits per heavy atom. The number of anilines is 1. The Morgan fingerprint density at radius 2 is 2.00 bits per heavy atom. The summed E-state index contributed by atoms with van der Waals surface area (Å²) in [6, 6.07) is 9.75. The number of amides is 1. The maximum Gasteiger partial charge on any atom is 0.410 e. The van der Waals surface area contributed by atoms with Crippen LogP contribution in [-0.2, 0) is 16.1 Å². The Labute approximate surface area is 186 Å². The van der Waals surface area contributed by atoms with E-state index in [0.29, 0.717) is 25.4 Å². The molecule has 164 valence electrons. The maximum atomic E-state index is 12.2. The molecule has 1 aromatic carbocycles. The molecule has 0 atom stereocenters. The minimum absolute atomic E-state index is 0.115. The van der Waals surface area contributed by atoms with Crippen molar-refractivity contribution in [3.63, 3.8) is 0 Å². The van der Waals surface area contributed by atoms with Crippen LogP contribution in [0.3, 0.4) is 0 Å². The first-order valence-corrected chi connectivity index (χ1v) is 11.3. The van der Waals surface area contributed by atoms with Crippen LogP contribution >= 0.6 is 11.3 Å². The predicted octanol–water partition coefficient (Wildman–Crippen LogP) is 4.86. The fourth-order valence-corrected chi connectivity index (χ4v) is 4.43. The van der Waals surface area contributed by atoms with Crippen molar-refractivity contribution in [1.29, 1.82) is 0 Å². The standard InChI is InChI=1S/C23H28N4O3S/c1-23(2,3)30-22(28)27-10-8-16(9-11-27)29-14-15-12-19-21(25-13-15)31-20(26-19)17-6-4-5-7-18(17)24/h4-7,12-13,16H,8-11,14,24H2,1-3H3. The van der Waals surface area contributed by atoms with E-state index >= 15 is 0 Å². The molecule has 7 nitrogen and oxygen atoms in total. The van der Waals surface area contributed by atoms with Crippen LogP contribution in [0.4, 0.5) is 10.5 Å². The lowest BCUT2D eigenvalue weighted by molar-refractivity contribution is -0.0170. The lowest BCUT2D eigenvalue weighted by atomic mass is 10.1. The van der Waals surface area contributed by atoms with Crippen molar-refractivity contribution in [2.75, 3.05) is 18.8 Å². The van der Waals surface area contributed by atoms with Crippen LogP contribution in [0.2, 0.25) is 0 Å². The van der Waals surface area contributed by atoms with Crippen LogP contribution in [0.25, 0.3) is 20.9 Å². The topological polar surface area (TPSA) is 90.6 Å². The molecular formula is C23H28N4O3S. The summed E-state index contributed by atoms with van der Waals surface area (Å²) in [4.78, 5) is 24.1. The van der Waals surface area contributed by atoms with E-state index in [1.54, 1.807) is 4.90 Å². The Bertz CT molecular complexity index is 1070. The number of nitrogens with zero attached hydrogens (tertiary/aromatic N) is 3. The van der Waals surface area contributed by atoms with Gasteiger partial charge in [0.15, 0.2) is 0 Å². The summed E-state index contributed by atoms with van der Waals surface area (Å²) in [5.41, 5.74) is 9.09. The quantitative estimate of drug-likeness (QED) is 0.583. The molecule has 2 N–H and O–H groups in total. The number of carbonyl (C=O) groups excluding carboxylic acids is 1. The van der Waals surface area contributed by atoms with E-state index in [0.717, 1.165) is 39.3 Å². The number of ether oxygens (including phenoxy) is 2. The van der Waals surface area contributed by atoms with Crippen LogP contribution in [0.5, 0.6) is 0 Å². The molecule has 31 heavy (non-hydrogen) atoms. The van der Waals surface area contributed by atoms with Crippen molar-refractivity contribution in [2.24, 2.45) is 0 Å². The zero-order valence-corrected chi connectivity index (χ0v) is 18.9. The van der Waals surface area contributed by atoms with Gasteiger partial charge in [0.2, 0.25) is 0 Å². The predicted molar refractivity (Wildman–Crippen MR) is 123 cm³/mol. The third-order valence-electron chi connectivity index (χ3n) is 5.07. The number of nitrogens with two attached hydrogens (primary N) is 1. The number of hydrogen-bond acceptors (Lipinski definition) is 7. The second-order valence-electron chi connectivity index (χ2n) is 8.75. The summed E-state index contributed by atoms with van der Waals surface area (Å²) < 4.78 is 11.5. The van der Waals surface area contributed by atoms with Gasteiger partial charge in [0.25, 0.3) is 0 Å². The monoisotopic (exact) mass is 440 g/mol. The number of nitrogen functional groups attached to an aromatic ring is 1. The van der Waals surface area contributed by atoms with E-state index in [1.165, 1.54) is 11.3 Å². The summed E-state index contributed by atoms with van der Waals surface area (Å²) in [7, 11) is 0. The second kappa shape index (κ2) is 8.80. The molecule has 0 unspecified atom stereocenters. The van der Waals surface area contributed by atoms with Gasteiger partial charge in [0, 0.05) is 30.5 Å². The number of thiazole rings is 1. The molecule has 1 amide bonds. The van der Waals surface area contributed by atoms with Gasteiger partial charge < -0.3 is 20.1 Å². The number of pyridine rings is 1. The molecular weight excluding hydrogens is 412 g/mol. The zero-order chi connectivity index (χ0) is 22.0. The van der Waals surface area contributed by atoms with Crippen LogP contribution in [0.1, 0.15) is 39.2 Å². The van der Waals surface area contributed by atoms with Gasteiger partial charge in [-0.3, -0.25) is 0 Å². The molecule has 8 heteroatoms. The van der Waals surface area contributed by atoms with E-state index in [-0.39, 0.29) is 12.2 Å². The molecule has 4 rings (SSSR count). The number of rotatable bonds is 4. The number of piperidine rings is 1. The normalized spacial score (nSPS) is 15.4. The molecule has 0 bridgehead atoms. The molecule has 0 spiro atoms. The molecule has 2 aromatic heterocycles. The molecule has 0 aliphatic carbocycles. The minimum atomic E-state index is -0.474. The second-order valence-corrected chi connectivity index (χ2v) is 9.73. The molecule has 1 aliphatic heterocycles. The van der Waals surface area contributed by atoms with Gasteiger partial charge in [-0.2, -0.15) is 0 Å². The molecule has 3 aromatic rings. The zero-order valence-electron chi connectivity index (χ0n) is 18.1. The highest BCUT2D eigenvalue weighted by atomic mass is 32.1. The van der Waals surface area contributed by atoms with Gasteiger partial charge in [-0.05, 0) is 57.4 Å². The van der Waals surface area contributed by atoms with Crippen LogP contribution in [0, 0.1) is 0 Å². The number of para-hydroxylation sites is 1. The number of likely N-dealkylation sites (tertiary alicyclic amines) is 1. The van der Waals surface area contributed by atoms with E-state index in [9.17, 15) is 4.79 Å². The highest BCUT2D eigenvalue weighted by molar-refractivity contribution is 7.21. The molecule has 0 radical (unpaired) electrons. The van der Waals surface area contributed by atoms with Crippen molar-refractivity contribution >= 4 is 33.5 Å². The van der Waals surface area contributed by atoms with Crippen LogP contribution in [0.15, 0.2) is 36.5 Å². The Balaban J connectivity index is 1.34. The first kappa shape index (κ1) is 21.5. The van der Waals surface area contributed by atoms with Gasteiger partial charge in [0.05, 0.1) is 12.7 Å². The molecule has 0 saturated carbocycles.